The molecule has 4 heteroatoms. The van der Waals surface area contributed by atoms with Gasteiger partial charge in [0.25, 0.3) is 5.91 Å². The molecule has 0 spiro atoms. The molecule has 0 unspecified atom stereocenters. The van der Waals surface area contributed by atoms with Gasteiger partial charge in [0, 0.05) is 11.1 Å². The molecule has 0 saturated heterocycles. The molecule has 0 radical (unpaired) electrons. The summed E-state index contributed by atoms with van der Waals surface area (Å²) in [6.45, 7) is 2.37. The number of hydrogen-bond donors (Lipinski definition) is 1. The van der Waals surface area contributed by atoms with Crippen molar-refractivity contribution in [2.75, 3.05) is 19.7 Å². The maximum atomic E-state index is 11.7. The number of ether oxygens (including phenoxy) is 1. The van der Waals surface area contributed by atoms with Crippen molar-refractivity contribution >= 4 is 12.1 Å². The number of amides is 1. The largest absolute Gasteiger partial charge is 0.484 e. The van der Waals surface area contributed by atoms with E-state index in [1.165, 1.54) is 11.1 Å². The van der Waals surface area contributed by atoms with Crippen molar-refractivity contribution in [2.24, 2.45) is 0 Å². The van der Waals surface area contributed by atoms with E-state index < -0.39 is 0 Å². The van der Waals surface area contributed by atoms with Crippen LogP contribution in [0.4, 0.5) is 0 Å². The van der Waals surface area contributed by atoms with E-state index in [9.17, 15) is 4.79 Å². The Morgan fingerprint density at radius 2 is 1.86 bits per heavy atom. The molecule has 0 bridgehead atoms. The smallest absolute Gasteiger partial charge is 0.258 e. The van der Waals surface area contributed by atoms with Gasteiger partial charge in [-0.1, -0.05) is 36.4 Å². The van der Waals surface area contributed by atoms with Gasteiger partial charge in [0.05, 0.1) is 6.54 Å². The van der Waals surface area contributed by atoms with Gasteiger partial charge in [0.15, 0.2) is 25.9 Å². The Balaban J connectivity index is 1.38. The number of carbonyl (C=O) groups excluding carboxylic acids is 1. The minimum Gasteiger partial charge on any atom is -0.484 e. The Morgan fingerprint density at radius 1 is 1.09 bits per heavy atom. The molecule has 112 valence electrons. The predicted molar refractivity (Wildman–Crippen MR) is 85.4 cm³/mol. The molecule has 22 heavy (non-hydrogen) atoms. The highest BCUT2D eigenvalue weighted by atomic mass is 16.5. The molecule has 3 rings (SSSR count). The highest BCUT2D eigenvalue weighted by Gasteiger charge is 2.17. The van der Waals surface area contributed by atoms with E-state index in [1.807, 2.05) is 36.4 Å². The third-order valence-electron chi connectivity index (χ3n) is 3.58. The van der Waals surface area contributed by atoms with Gasteiger partial charge in [-0.15, -0.1) is 0 Å². The normalized spacial score (nSPS) is 12.5. The third-order valence-corrected chi connectivity index (χ3v) is 3.58. The molecular formula is C18H19N2O2+. The number of nitrogens with zero attached hydrogens (tertiary/aromatic N) is 1. The van der Waals surface area contributed by atoms with Crippen LogP contribution in [0.5, 0.6) is 5.75 Å². The van der Waals surface area contributed by atoms with Crippen LogP contribution in [0.15, 0.2) is 54.6 Å². The summed E-state index contributed by atoms with van der Waals surface area (Å²) in [7, 11) is 0. The highest BCUT2D eigenvalue weighted by molar-refractivity contribution is 5.79. The lowest BCUT2D eigenvalue weighted by Crippen LogP contribution is -2.33. The van der Waals surface area contributed by atoms with Crippen molar-refractivity contribution in [1.82, 2.24) is 5.32 Å². The number of hydrogen-bond acceptors (Lipinski definition) is 2. The summed E-state index contributed by atoms with van der Waals surface area (Å²) < 4.78 is 7.62. The van der Waals surface area contributed by atoms with Gasteiger partial charge in [-0.25, -0.2) is 4.58 Å². The SMILES string of the molecule is O=C(COc1ccccc1)NCC[N+]1=Cc2ccccc2C1. The maximum absolute atomic E-state index is 11.7. The molecular weight excluding hydrogens is 276 g/mol. The second-order valence-corrected chi connectivity index (χ2v) is 5.25. The van der Waals surface area contributed by atoms with Crippen LogP contribution in [-0.2, 0) is 11.3 Å². The monoisotopic (exact) mass is 295 g/mol. The lowest BCUT2D eigenvalue weighted by atomic mass is 10.1. The van der Waals surface area contributed by atoms with Gasteiger partial charge >= 0.3 is 0 Å². The van der Waals surface area contributed by atoms with Gasteiger partial charge in [-0.3, -0.25) is 4.79 Å². The maximum Gasteiger partial charge on any atom is 0.258 e. The summed E-state index contributed by atoms with van der Waals surface area (Å²) in [5.41, 5.74) is 2.60. The van der Waals surface area contributed by atoms with Crippen molar-refractivity contribution in [2.45, 2.75) is 6.54 Å². The molecule has 0 atom stereocenters. The molecule has 4 nitrogen and oxygen atoms in total. The van der Waals surface area contributed by atoms with Crippen LogP contribution < -0.4 is 10.1 Å². The van der Waals surface area contributed by atoms with Crippen molar-refractivity contribution < 1.29 is 14.1 Å². The van der Waals surface area contributed by atoms with Gasteiger partial charge in [-0.2, -0.15) is 0 Å². The van der Waals surface area contributed by atoms with Crippen LogP contribution in [-0.4, -0.2) is 36.4 Å². The summed E-state index contributed by atoms with van der Waals surface area (Å²) in [5.74, 6) is 0.613. The van der Waals surface area contributed by atoms with Gasteiger partial charge in [-0.05, 0) is 18.2 Å². The Bertz CT molecular complexity index is 680. The van der Waals surface area contributed by atoms with Gasteiger partial charge in [0.1, 0.15) is 5.75 Å². The fourth-order valence-electron chi connectivity index (χ4n) is 2.46. The van der Waals surface area contributed by atoms with Crippen LogP contribution in [0, 0.1) is 0 Å². The first-order chi connectivity index (χ1) is 10.8. The lowest BCUT2D eigenvalue weighted by molar-refractivity contribution is -0.532. The quantitative estimate of drug-likeness (QED) is 0.826. The number of rotatable bonds is 6. The van der Waals surface area contributed by atoms with Crippen molar-refractivity contribution in [3.8, 4) is 5.75 Å². The van der Waals surface area contributed by atoms with E-state index >= 15 is 0 Å². The van der Waals surface area contributed by atoms with E-state index in [1.54, 1.807) is 0 Å². The third kappa shape index (κ3) is 3.73. The van der Waals surface area contributed by atoms with E-state index in [-0.39, 0.29) is 12.5 Å². The average molecular weight is 295 g/mol. The van der Waals surface area contributed by atoms with E-state index in [2.05, 4.69) is 34.3 Å². The summed E-state index contributed by atoms with van der Waals surface area (Å²) >= 11 is 0. The Hall–Kier alpha value is -2.62. The van der Waals surface area contributed by atoms with Crippen molar-refractivity contribution in [1.29, 1.82) is 0 Å². The molecule has 2 aromatic carbocycles. The first kappa shape index (κ1) is 14.3. The average Bonchev–Trinajstić information content (AvgIpc) is 2.96. The van der Waals surface area contributed by atoms with Crippen LogP contribution in [0.25, 0.3) is 0 Å². The Labute approximate surface area is 130 Å². The topological polar surface area (TPSA) is 41.3 Å². The zero-order valence-corrected chi connectivity index (χ0v) is 12.4. The minimum atomic E-state index is -0.0967. The van der Waals surface area contributed by atoms with Crippen LogP contribution in [0.2, 0.25) is 0 Å². The molecule has 1 amide bonds. The van der Waals surface area contributed by atoms with Gasteiger partial charge in [0.2, 0.25) is 0 Å². The number of carbonyl (C=O) groups is 1. The number of fused-ring (bicyclic) bond motifs is 1. The van der Waals surface area contributed by atoms with Gasteiger partial charge < -0.3 is 10.1 Å². The molecule has 0 fully saturated rings. The van der Waals surface area contributed by atoms with Crippen molar-refractivity contribution in [3.05, 3.63) is 65.7 Å². The summed E-state index contributed by atoms with van der Waals surface area (Å²) in [6.07, 6.45) is 2.14. The number of nitrogens with one attached hydrogen (secondary N) is 1. The van der Waals surface area contributed by atoms with E-state index in [0.29, 0.717) is 12.3 Å². The molecule has 0 aliphatic carbocycles. The fraction of sp³-hybridized carbons (Fsp3) is 0.222. The molecule has 1 N–H and O–H groups in total. The molecule has 1 aliphatic heterocycles. The van der Waals surface area contributed by atoms with E-state index in [4.69, 9.17) is 4.74 Å². The zero-order chi connectivity index (χ0) is 15.2. The van der Waals surface area contributed by atoms with Crippen molar-refractivity contribution in [3.63, 3.8) is 0 Å². The summed E-state index contributed by atoms with van der Waals surface area (Å²) in [6, 6.07) is 17.7. The first-order valence-corrected chi connectivity index (χ1v) is 7.42. The summed E-state index contributed by atoms with van der Waals surface area (Å²) in [5, 5.41) is 2.88. The molecule has 1 heterocycles. The first-order valence-electron chi connectivity index (χ1n) is 7.42. The van der Waals surface area contributed by atoms with E-state index in [0.717, 1.165) is 13.1 Å². The Kier molecular flexibility index (Phi) is 4.49. The predicted octanol–water partition coefficient (Wildman–Crippen LogP) is 1.83. The molecule has 1 aliphatic rings. The molecule has 2 aromatic rings. The second-order valence-electron chi connectivity index (χ2n) is 5.25. The fourth-order valence-corrected chi connectivity index (χ4v) is 2.46. The number of benzene rings is 2. The summed E-state index contributed by atoms with van der Waals surface area (Å²) in [4.78, 5) is 11.7. The minimum absolute atomic E-state index is 0.0496. The highest BCUT2D eigenvalue weighted by Crippen LogP contribution is 2.12. The van der Waals surface area contributed by atoms with Crippen LogP contribution in [0.3, 0.4) is 0 Å². The van der Waals surface area contributed by atoms with Crippen LogP contribution >= 0.6 is 0 Å². The molecule has 0 saturated carbocycles. The molecule has 0 aromatic heterocycles. The van der Waals surface area contributed by atoms with Crippen LogP contribution in [0.1, 0.15) is 11.1 Å². The zero-order valence-electron chi connectivity index (χ0n) is 12.4. The Morgan fingerprint density at radius 3 is 2.68 bits per heavy atom. The standard InChI is InChI=1S/C18H18N2O2/c21-18(14-22-17-8-2-1-3-9-17)19-10-11-20-12-15-6-4-5-7-16(15)13-20/h1-9,12H,10-11,13-14H2/p+1. The lowest BCUT2D eigenvalue weighted by Gasteiger charge is -2.06. The second kappa shape index (κ2) is 6.89. The number of para-hydroxylation sites is 1.